The van der Waals surface area contributed by atoms with Gasteiger partial charge in [0.05, 0.1) is 0 Å². The number of esters is 1. The first-order valence-electron chi connectivity index (χ1n) is 7.61. The number of amides is 2. The molecule has 2 aromatic carbocycles. The first kappa shape index (κ1) is 19.8. The van der Waals surface area contributed by atoms with Gasteiger partial charge in [-0.3, -0.25) is 14.4 Å². The van der Waals surface area contributed by atoms with Crippen LogP contribution in [0.4, 0.5) is 5.69 Å². The minimum absolute atomic E-state index is 0.356. The highest BCUT2D eigenvalue weighted by molar-refractivity contribution is 6.31. The van der Waals surface area contributed by atoms with Crippen LogP contribution in [0.1, 0.15) is 15.9 Å². The topological polar surface area (TPSA) is 84.5 Å². The first-order valence-corrected chi connectivity index (χ1v) is 8.37. The number of carbonyl (C=O) groups excluding carboxylic acids is 3. The Morgan fingerprint density at radius 2 is 1.73 bits per heavy atom. The summed E-state index contributed by atoms with van der Waals surface area (Å²) in [4.78, 5) is 35.3. The Hall–Kier alpha value is -2.57. The molecule has 2 amide bonds. The van der Waals surface area contributed by atoms with Gasteiger partial charge in [0.25, 0.3) is 11.8 Å². The average molecular weight is 395 g/mol. The third kappa shape index (κ3) is 5.75. The van der Waals surface area contributed by atoms with Crippen molar-refractivity contribution in [1.29, 1.82) is 0 Å². The zero-order valence-electron chi connectivity index (χ0n) is 13.8. The number of nitrogens with one attached hydrogen (secondary N) is 2. The maximum Gasteiger partial charge on any atom is 0.325 e. The predicted octanol–water partition coefficient (Wildman–Crippen LogP) is 3.21. The lowest BCUT2D eigenvalue weighted by Crippen LogP contribution is -2.32. The van der Waals surface area contributed by atoms with E-state index in [1.807, 2.05) is 0 Å². The lowest BCUT2D eigenvalue weighted by molar-refractivity contribution is -0.146. The van der Waals surface area contributed by atoms with Gasteiger partial charge in [0.1, 0.15) is 6.54 Å². The van der Waals surface area contributed by atoms with Gasteiger partial charge in [-0.1, -0.05) is 29.3 Å². The number of anilines is 1. The van der Waals surface area contributed by atoms with E-state index in [0.717, 1.165) is 0 Å². The fraction of sp³-hybridized carbons (Fsp3) is 0.167. The van der Waals surface area contributed by atoms with Crippen molar-refractivity contribution in [3.8, 4) is 0 Å². The van der Waals surface area contributed by atoms with E-state index >= 15 is 0 Å². The van der Waals surface area contributed by atoms with E-state index in [1.54, 1.807) is 37.3 Å². The molecule has 136 valence electrons. The lowest BCUT2D eigenvalue weighted by atomic mass is 10.2. The molecule has 8 heteroatoms. The molecule has 0 aromatic heterocycles. The third-order valence-corrected chi connectivity index (χ3v) is 4.07. The quantitative estimate of drug-likeness (QED) is 0.736. The predicted molar refractivity (Wildman–Crippen MR) is 99.6 cm³/mol. The van der Waals surface area contributed by atoms with Gasteiger partial charge in [-0.15, -0.1) is 0 Å². The van der Waals surface area contributed by atoms with Gasteiger partial charge in [-0.05, 0) is 48.9 Å². The molecule has 0 heterocycles. The van der Waals surface area contributed by atoms with E-state index in [-0.39, 0.29) is 6.54 Å². The lowest BCUT2D eigenvalue weighted by Gasteiger charge is -2.10. The highest BCUT2D eigenvalue weighted by atomic mass is 35.5. The molecule has 2 N–H and O–H groups in total. The van der Waals surface area contributed by atoms with Crippen LogP contribution in [-0.4, -0.2) is 30.9 Å². The molecule has 0 aliphatic heterocycles. The molecule has 2 aromatic rings. The van der Waals surface area contributed by atoms with E-state index in [0.29, 0.717) is 26.9 Å². The fourth-order valence-corrected chi connectivity index (χ4v) is 2.28. The standard InChI is InChI=1S/C18H16Cl2N2O4/c1-11-14(20)3-2-4-15(11)22-16(23)10-26-17(24)9-21-18(25)12-5-7-13(19)8-6-12/h2-8H,9-10H2,1H3,(H,21,25)(H,22,23). The average Bonchev–Trinajstić information content (AvgIpc) is 2.62. The number of rotatable bonds is 6. The van der Waals surface area contributed by atoms with E-state index in [2.05, 4.69) is 10.6 Å². The number of hydrogen-bond donors (Lipinski definition) is 2. The molecule has 0 bridgehead atoms. The van der Waals surface area contributed by atoms with Crippen LogP contribution in [0.5, 0.6) is 0 Å². The SMILES string of the molecule is Cc1c(Cl)cccc1NC(=O)COC(=O)CNC(=O)c1ccc(Cl)cc1. The molecule has 0 aliphatic rings. The van der Waals surface area contributed by atoms with Gasteiger partial charge in [0.2, 0.25) is 0 Å². The molecular weight excluding hydrogens is 379 g/mol. The zero-order valence-corrected chi connectivity index (χ0v) is 15.4. The Kier molecular flexibility index (Phi) is 7.00. The van der Waals surface area contributed by atoms with Gasteiger partial charge >= 0.3 is 5.97 Å². The van der Waals surface area contributed by atoms with E-state index in [9.17, 15) is 14.4 Å². The Bertz CT molecular complexity index is 822. The number of hydrogen-bond acceptors (Lipinski definition) is 4. The van der Waals surface area contributed by atoms with Crippen molar-refractivity contribution < 1.29 is 19.1 Å². The summed E-state index contributed by atoms with van der Waals surface area (Å²) in [5.41, 5.74) is 1.61. The Balaban J connectivity index is 1.76. The van der Waals surface area contributed by atoms with E-state index in [4.69, 9.17) is 27.9 Å². The molecule has 2 rings (SSSR count). The summed E-state index contributed by atoms with van der Waals surface area (Å²) < 4.78 is 4.83. The van der Waals surface area contributed by atoms with Crippen LogP contribution in [0.3, 0.4) is 0 Å². The maximum absolute atomic E-state index is 11.9. The first-order chi connectivity index (χ1) is 12.4. The van der Waals surface area contributed by atoms with Crippen molar-refractivity contribution in [2.24, 2.45) is 0 Å². The summed E-state index contributed by atoms with van der Waals surface area (Å²) >= 11 is 11.7. The van der Waals surface area contributed by atoms with Crippen molar-refractivity contribution in [2.75, 3.05) is 18.5 Å². The van der Waals surface area contributed by atoms with Gasteiger partial charge < -0.3 is 15.4 Å². The summed E-state index contributed by atoms with van der Waals surface area (Å²) in [6, 6.07) is 11.3. The molecule has 0 radical (unpaired) electrons. The van der Waals surface area contributed by atoms with Crippen LogP contribution >= 0.6 is 23.2 Å². The van der Waals surface area contributed by atoms with Crippen LogP contribution in [0.15, 0.2) is 42.5 Å². The number of ether oxygens (including phenoxy) is 1. The minimum Gasteiger partial charge on any atom is -0.454 e. The largest absolute Gasteiger partial charge is 0.454 e. The highest BCUT2D eigenvalue weighted by Gasteiger charge is 2.12. The van der Waals surface area contributed by atoms with Crippen LogP contribution in [0.25, 0.3) is 0 Å². The van der Waals surface area contributed by atoms with Crippen LogP contribution in [-0.2, 0) is 14.3 Å². The molecule has 0 atom stereocenters. The van der Waals surface area contributed by atoms with E-state index < -0.39 is 24.4 Å². The Labute approximate surface area is 160 Å². The Morgan fingerprint density at radius 1 is 1.04 bits per heavy atom. The van der Waals surface area contributed by atoms with Crippen molar-refractivity contribution >= 4 is 46.7 Å². The summed E-state index contributed by atoms with van der Waals surface area (Å²) in [5, 5.41) is 6.02. The highest BCUT2D eigenvalue weighted by Crippen LogP contribution is 2.22. The summed E-state index contributed by atoms with van der Waals surface area (Å²) in [5.74, 6) is -1.68. The van der Waals surface area contributed by atoms with E-state index in [1.165, 1.54) is 12.1 Å². The smallest absolute Gasteiger partial charge is 0.325 e. The molecule has 0 fully saturated rings. The number of halogens is 2. The van der Waals surface area contributed by atoms with Gasteiger partial charge in [-0.2, -0.15) is 0 Å². The third-order valence-electron chi connectivity index (χ3n) is 3.41. The minimum atomic E-state index is -0.731. The Morgan fingerprint density at radius 3 is 2.42 bits per heavy atom. The molecule has 0 spiro atoms. The van der Waals surface area contributed by atoms with Gasteiger partial charge in [0.15, 0.2) is 6.61 Å². The van der Waals surface area contributed by atoms with Crippen LogP contribution in [0, 0.1) is 6.92 Å². The zero-order chi connectivity index (χ0) is 19.1. The molecule has 0 aliphatic carbocycles. The van der Waals surface area contributed by atoms with Crippen LogP contribution < -0.4 is 10.6 Å². The van der Waals surface area contributed by atoms with Gasteiger partial charge in [0, 0.05) is 21.3 Å². The maximum atomic E-state index is 11.9. The second-order valence-electron chi connectivity index (χ2n) is 5.31. The van der Waals surface area contributed by atoms with Crippen molar-refractivity contribution in [2.45, 2.75) is 6.92 Å². The van der Waals surface area contributed by atoms with Crippen molar-refractivity contribution in [3.63, 3.8) is 0 Å². The van der Waals surface area contributed by atoms with Crippen molar-refractivity contribution in [3.05, 3.63) is 63.6 Å². The molecule has 26 heavy (non-hydrogen) atoms. The van der Waals surface area contributed by atoms with Crippen molar-refractivity contribution in [1.82, 2.24) is 5.32 Å². The molecule has 6 nitrogen and oxygen atoms in total. The summed E-state index contributed by atoms with van der Waals surface area (Å²) in [7, 11) is 0. The van der Waals surface area contributed by atoms with Gasteiger partial charge in [-0.25, -0.2) is 0 Å². The van der Waals surface area contributed by atoms with Crippen LogP contribution in [0.2, 0.25) is 10.0 Å². The number of carbonyl (C=O) groups is 3. The molecule has 0 saturated carbocycles. The normalized spacial score (nSPS) is 10.1. The summed E-state index contributed by atoms with van der Waals surface area (Å²) in [6.07, 6.45) is 0. The monoisotopic (exact) mass is 394 g/mol. The summed E-state index contributed by atoms with van der Waals surface area (Å²) in [6.45, 7) is 0.933. The fourth-order valence-electron chi connectivity index (χ4n) is 1.98. The molecule has 0 unspecified atom stereocenters. The molecule has 0 saturated heterocycles. The molecular formula is C18H16Cl2N2O4. The second-order valence-corrected chi connectivity index (χ2v) is 6.15. The second kappa shape index (κ2) is 9.22. The number of benzene rings is 2.